The molecule has 0 atom stereocenters. The molecule has 0 spiro atoms. The number of thiazole rings is 1. The van der Waals surface area contributed by atoms with Crippen LogP contribution in [0.15, 0.2) is 66.7 Å². The van der Waals surface area contributed by atoms with E-state index >= 15 is 0 Å². The van der Waals surface area contributed by atoms with Crippen LogP contribution in [0.25, 0.3) is 20.8 Å². The largest absolute Gasteiger partial charge is 0.323 e. The number of aryl methyl sites for hydroxylation is 1. The number of benzene rings is 3. The van der Waals surface area contributed by atoms with Gasteiger partial charge >= 0.3 is 6.03 Å². The number of amides is 2. The molecule has 0 saturated carbocycles. The van der Waals surface area contributed by atoms with Crippen LogP contribution in [-0.4, -0.2) is 11.0 Å². The third kappa shape index (κ3) is 3.80. The number of carbonyl (C=O) groups excluding carboxylic acids is 1. The van der Waals surface area contributed by atoms with Gasteiger partial charge in [-0.05, 0) is 61.0 Å². The summed E-state index contributed by atoms with van der Waals surface area (Å²) in [5.41, 5.74) is 3.55. The van der Waals surface area contributed by atoms with Crippen molar-refractivity contribution in [1.29, 1.82) is 0 Å². The molecule has 0 aliphatic carbocycles. The van der Waals surface area contributed by atoms with E-state index in [0.717, 1.165) is 20.8 Å². The van der Waals surface area contributed by atoms with Crippen LogP contribution in [0.5, 0.6) is 0 Å². The van der Waals surface area contributed by atoms with Gasteiger partial charge in [0.05, 0.1) is 10.2 Å². The van der Waals surface area contributed by atoms with Crippen LogP contribution in [0, 0.1) is 12.7 Å². The zero-order valence-corrected chi connectivity index (χ0v) is 15.3. The van der Waals surface area contributed by atoms with Gasteiger partial charge < -0.3 is 10.6 Å². The van der Waals surface area contributed by atoms with Gasteiger partial charge in [0.15, 0.2) is 0 Å². The number of carbonyl (C=O) groups is 1. The number of hydrogen-bond donors (Lipinski definition) is 2. The van der Waals surface area contributed by atoms with Crippen LogP contribution in [0.4, 0.5) is 20.6 Å². The van der Waals surface area contributed by atoms with Crippen molar-refractivity contribution < 1.29 is 9.18 Å². The van der Waals surface area contributed by atoms with Crippen LogP contribution in [0.3, 0.4) is 0 Å². The lowest BCUT2D eigenvalue weighted by molar-refractivity contribution is 0.262. The maximum absolute atomic E-state index is 13.6. The molecule has 0 fully saturated rings. The smallest absolute Gasteiger partial charge is 0.308 e. The second-order valence-electron chi connectivity index (χ2n) is 6.11. The Morgan fingerprint density at radius 3 is 2.41 bits per heavy atom. The van der Waals surface area contributed by atoms with E-state index in [9.17, 15) is 9.18 Å². The predicted octanol–water partition coefficient (Wildman–Crippen LogP) is 6.05. The number of halogens is 1. The zero-order chi connectivity index (χ0) is 18.8. The van der Waals surface area contributed by atoms with E-state index in [1.54, 1.807) is 30.4 Å². The summed E-state index contributed by atoms with van der Waals surface area (Å²) in [7, 11) is 0. The molecule has 2 amide bonds. The van der Waals surface area contributed by atoms with Gasteiger partial charge in [-0.3, -0.25) is 0 Å². The van der Waals surface area contributed by atoms with Crippen molar-refractivity contribution in [2.75, 3.05) is 10.6 Å². The van der Waals surface area contributed by atoms with Crippen LogP contribution in [0.1, 0.15) is 5.56 Å². The zero-order valence-electron chi connectivity index (χ0n) is 14.5. The summed E-state index contributed by atoms with van der Waals surface area (Å²) in [6.07, 6.45) is 0. The fourth-order valence-electron chi connectivity index (χ4n) is 2.66. The average molecular weight is 377 g/mol. The molecule has 2 N–H and O–H groups in total. The number of nitrogens with zero attached hydrogens (tertiary/aromatic N) is 1. The highest BCUT2D eigenvalue weighted by molar-refractivity contribution is 7.21. The Morgan fingerprint density at radius 2 is 1.67 bits per heavy atom. The summed E-state index contributed by atoms with van der Waals surface area (Å²) >= 11 is 1.63. The highest BCUT2D eigenvalue weighted by Gasteiger charge is 2.08. The molecule has 0 unspecified atom stereocenters. The van der Waals surface area contributed by atoms with Crippen molar-refractivity contribution in [3.8, 4) is 10.6 Å². The number of aromatic nitrogens is 1. The molecule has 27 heavy (non-hydrogen) atoms. The average Bonchev–Trinajstić information content (AvgIpc) is 3.09. The molecule has 0 radical (unpaired) electrons. The van der Waals surface area contributed by atoms with Gasteiger partial charge in [-0.15, -0.1) is 11.3 Å². The molecule has 0 saturated heterocycles. The molecule has 4 aromatic rings. The molecule has 0 bridgehead atoms. The minimum Gasteiger partial charge on any atom is -0.308 e. The van der Waals surface area contributed by atoms with Crippen molar-refractivity contribution >= 4 is 39.0 Å². The van der Waals surface area contributed by atoms with E-state index in [1.165, 1.54) is 6.07 Å². The van der Waals surface area contributed by atoms with E-state index in [2.05, 4.69) is 15.6 Å². The first-order valence-electron chi connectivity index (χ1n) is 8.39. The lowest BCUT2D eigenvalue weighted by Crippen LogP contribution is -2.19. The van der Waals surface area contributed by atoms with Crippen molar-refractivity contribution in [2.24, 2.45) is 0 Å². The van der Waals surface area contributed by atoms with E-state index < -0.39 is 6.03 Å². The van der Waals surface area contributed by atoms with Crippen LogP contribution < -0.4 is 10.6 Å². The Hall–Kier alpha value is -3.25. The summed E-state index contributed by atoms with van der Waals surface area (Å²) in [5.74, 6) is -0.354. The first-order chi connectivity index (χ1) is 13.1. The van der Waals surface area contributed by atoms with E-state index in [0.29, 0.717) is 16.9 Å². The Balaban J connectivity index is 1.45. The van der Waals surface area contributed by atoms with E-state index in [-0.39, 0.29) is 5.82 Å². The van der Waals surface area contributed by atoms with Gasteiger partial charge in [0.1, 0.15) is 10.8 Å². The first-order valence-corrected chi connectivity index (χ1v) is 9.20. The SMILES string of the molecule is Cc1ccc(NC(=O)Nc2ccc(-c3nc4ccccc4s3)cc2)cc1F. The van der Waals surface area contributed by atoms with Gasteiger partial charge in [-0.1, -0.05) is 18.2 Å². The van der Waals surface area contributed by atoms with Crippen LogP contribution in [-0.2, 0) is 0 Å². The Morgan fingerprint density at radius 1 is 0.963 bits per heavy atom. The van der Waals surface area contributed by atoms with Gasteiger partial charge in [0, 0.05) is 16.9 Å². The fraction of sp³-hybridized carbons (Fsp3) is 0.0476. The molecule has 0 aliphatic rings. The molecule has 1 aromatic heterocycles. The number of nitrogens with one attached hydrogen (secondary N) is 2. The van der Waals surface area contributed by atoms with Crippen molar-refractivity contribution in [3.05, 3.63) is 78.1 Å². The number of rotatable bonds is 3. The fourth-order valence-corrected chi connectivity index (χ4v) is 3.63. The van der Waals surface area contributed by atoms with Gasteiger partial charge in [0.2, 0.25) is 0 Å². The van der Waals surface area contributed by atoms with Crippen molar-refractivity contribution in [1.82, 2.24) is 4.98 Å². The Labute approximate surface area is 159 Å². The maximum Gasteiger partial charge on any atom is 0.323 e. The third-order valence-corrected chi connectivity index (χ3v) is 5.20. The lowest BCUT2D eigenvalue weighted by atomic mass is 10.2. The summed E-state index contributed by atoms with van der Waals surface area (Å²) in [6.45, 7) is 1.67. The summed E-state index contributed by atoms with van der Waals surface area (Å²) in [5, 5.41) is 6.30. The molecule has 4 rings (SSSR count). The van der Waals surface area contributed by atoms with Crippen molar-refractivity contribution in [2.45, 2.75) is 6.92 Å². The molecular formula is C21H16FN3OS. The number of urea groups is 1. The molecule has 3 aromatic carbocycles. The minimum atomic E-state index is -0.425. The minimum absolute atomic E-state index is 0.354. The van der Waals surface area contributed by atoms with Gasteiger partial charge in [0.25, 0.3) is 0 Å². The second-order valence-corrected chi connectivity index (χ2v) is 7.14. The maximum atomic E-state index is 13.6. The quantitative estimate of drug-likeness (QED) is 0.456. The highest BCUT2D eigenvalue weighted by Crippen LogP contribution is 2.30. The lowest BCUT2D eigenvalue weighted by Gasteiger charge is -2.09. The van der Waals surface area contributed by atoms with Crippen molar-refractivity contribution in [3.63, 3.8) is 0 Å². The number of anilines is 2. The molecule has 4 nitrogen and oxygen atoms in total. The summed E-state index contributed by atoms with van der Waals surface area (Å²) < 4.78 is 14.7. The van der Waals surface area contributed by atoms with E-state index in [1.807, 2.05) is 48.5 Å². The molecule has 1 heterocycles. The second kappa shape index (κ2) is 7.17. The van der Waals surface area contributed by atoms with Gasteiger partial charge in [-0.2, -0.15) is 0 Å². The standard InChI is InChI=1S/C21H16FN3OS/c1-13-6-9-16(12-17(13)22)24-21(26)23-15-10-7-14(8-11-15)20-25-18-4-2-3-5-19(18)27-20/h2-12H,1H3,(H2,23,24,26). The molecule has 134 valence electrons. The first kappa shape index (κ1) is 17.2. The third-order valence-electron chi connectivity index (χ3n) is 4.11. The summed E-state index contributed by atoms with van der Waals surface area (Å²) in [4.78, 5) is 16.7. The number of hydrogen-bond acceptors (Lipinski definition) is 3. The monoisotopic (exact) mass is 377 g/mol. The van der Waals surface area contributed by atoms with Crippen LogP contribution >= 0.6 is 11.3 Å². The number of fused-ring (bicyclic) bond motifs is 1. The topological polar surface area (TPSA) is 54.0 Å². The highest BCUT2D eigenvalue weighted by atomic mass is 32.1. The van der Waals surface area contributed by atoms with Gasteiger partial charge in [-0.25, -0.2) is 14.2 Å². The predicted molar refractivity (Wildman–Crippen MR) is 109 cm³/mol. The molecular weight excluding hydrogens is 361 g/mol. The molecule has 0 aliphatic heterocycles. The normalized spacial score (nSPS) is 10.7. The number of para-hydroxylation sites is 1. The van der Waals surface area contributed by atoms with E-state index in [4.69, 9.17) is 0 Å². The Bertz CT molecular complexity index is 1090. The van der Waals surface area contributed by atoms with Crippen LogP contribution in [0.2, 0.25) is 0 Å². The Kier molecular flexibility index (Phi) is 4.56. The summed E-state index contributed by atoms with van der Waals surface area (Å²) in [6, 6.07) is 19.6. The molecule has 6 heteroatoms.